The van der Waals surface area contributed by atoms with Gasteiger partial charge in [-0.05, 0) is 48.6 Å². The van der Waals surface area contributed by atoms with Gasteiger partial charge in [0.1, 0.15) is 0 Å². The van der Waals surface area contributed by atoms with E-state index in [4.69, 9.17) is 11.6 Å². The van der Waals surface area contributed by atoms with Crippen LogP contribution >= 0.6 is 11.6 Å². The number of hydrogen-bond donors (Lipinski definition) is 1. The number of benzene rings is 2. The van der Waals surface area contributed by atoms with Gasteiger partial charge in [0.2, 0.25) is 10.0 Å². The molecule has 1 N–H and O–H groups in total. The largest absolute Gasteiger partial charge is 0.416 e. The molecule has 26 heavy (non-hydrogen) atoms. The van der Waals surface area contributed by atoms with E-state index in [0.717, 1.165) is 24.1 Å². The number of halogens is 4. The minimum absolute atomic E-state index is 0.0953. The molecule has 3 rings (SSSR count). The first kappa shape index (κ1) is 19.2. The third kappa shape index (κ3) is 4.22. The first-order valence-electron chi connectivity index (χ1n) is 8.04. The minimum Gasteiger partial charge on any atom is -0.212 e. The monoisotopic (exact) mass is 403 g/mol. The van der Waals surface area contributed by atoms with Crippen LogP contribution in [0, 0.1) is 0 Å². The van der Waals surface area contributed by atoms with Gasteiger partial charge >= 0.3 is 6.18 Å². The third-order valence-corrected chi connectivity index (χ3v) is 6.23. The van der Waals surface area contributed by atoms with Gasteiger partial charge < -0.3 is 0 Å². The van der Waals surface area contributed by atoms with Crippen LogP contribution < -0.4 is 4.72 Å². The molecule has 0 bridgehead atoms. The average molecular weight is 404 g/mol. The van der Waals surface area contributed by atoms with Crippen molar-refractivity contribution < 1.29 is 21.6 Å². The zero-order valence-electron chi connectivity index (χ0n) is 13.7. The van der Waals surface area contributed by atoms with E-state index in [-0.39, 0.29) is 5.56 Å². The summed E-state index contributed by atoms with van der Waals surface area (Å²) in [6.07, 6.45) is -2.37. The lowest BCUT2D eigenvalue weighted by Gasteiger charge is -2.42. The van der Waals surface area contributed by atoms with Crippen molar-refractivity contribution in [2.75, 3.05) is 0 Å². The van der Waals surface area contributed by atoms with E-state index in [1.165, 1.54) is 12.1 Å². The summed E-state index contributed by atoms with van der Waals surface area (Å²) in [7, 11) is -3.82. The Morgan fingerprint density at radius 3 is 2.27 bits per heavy atom. The highest BCUT2D eigenvalue weighted by Crippen LogP contribution is 2.42. The fourth-order valence-electron chi connectivity index (χ4n) is 3.14. The Labute approximate surface area is 155 Å². The fraction of sp³-hybridized carbons (Fsp3) is 0.333. The van der Waals surface area contributed by atoms with E-state index in [1.54, 1.807) is 24.3 Å². The molecular weight excluding hydrogens is 387 g/mol. The van der Waals surface area contributed by atoms with Crippen molar-refractivity contribution in [2.45, 2.75) is 36.7 Å². The first-order chi connectivity index (χ1) is 12.1. The zero-order valence-corrected chi connectivity index (χ0v) is 15.3. The van der Waals surface area contributed by atoms with Gasteiger partial charge in [-0.2, -0.15) is 13.2 Å². The van der Waals surface area contributed by atoms with Gasteiger partial charge in [-0.25, -0.2) is 13.1 Å². The highest BCUT2D eigenvalue weighted by Gasteiger charge is 2.42. The van der Waals surface area contributed by atoms with Crippen molar-refractivity contribution in [3.05, 3.63) is 70.2 Å². The van der Waals surface area contributed by atoms with Gasteiger partial charge in [0, 0.05) is 5.02 Å². The first-order valence-corrected chi connectivity index (χ1v) is 10.1. The summed E-state index contributed by atoms with van der Waals surface area (Å²) >= 11 is 5.88. The van der Waals surface area contributed by atoms with Crippen LogP contribution in [0.3, 0.4) is 0 Å². The lowest BCUT2D eigenvalue weighted by Crippen LogP contribution is -2.50. The highest BCUT2D eigenvalue weighted by atomic mass is 35.5. The van der Waals surface area contributed by atoms with Gasteiger partial charge in [0.05, 0.1) is 16.9 Å². The number of rotatable bonds is 5. The summed E-state index contributed by atoms with van der Waals surface area (Å²) in [5.74, 6) is -0.508. The van der Waals surface area contributed by atoms with Crippen LogP contribution in [0.15, 0.2) is 48.5 Å². The molecule has 0 aliphatic heterocycles. The van der Waals surface area contributed by atoms with Crippen LogP contribution in [0.1, 0.15) is 36.0 Å². The standard InChI is InChI=1S/C18H17ClF3NO2S/c19-16-7-5-14(6-8-16)17(9-2-10-17)23-26(24,25)12-13-3-1-4-15(11-13)18(20,21)22/h1,3-8,11,23H,2,9-10,12H2. The van der Waals surface area contributed by atoms with Crippen LogP contribution in [0.25, 0.3) is 0 Å². The van der Waals surface area contributed by atoms with Gasteiger partial charge in [-0.1, -0.05) is 41.9 Å². The Hall–Kier alpha value is -1.57. The van der Waals surface area contributed by atoms with Crippen molar-refractivity contribution in [3.8, 4) is 0 Å². The highest BCUT2D eigenvalue weighted by molar-refractivity contribution is 7.88. The van der Waals surface area contributed by atoms with Crippen molar-refractivity contribution in [2.24, 2.45) is 0 Å². The smallest absolute Gasteiger partial charge is 0.212 e. The molecule has 0 unspecified atom stereocenters. The molecule has 0 saturated heterocycles. The molecule has 1 fully saturated rings. The van der Waals surface area contributed by atoms with Crippen molar-refractivity contribution >= 4 is 21.6 Å². The maximum atomic E-state index is 12.8. The Bertz CT molecular complexity index is 891. The predicted octanol–water partition coefficient (Wildman–Crippen LogP) is 4.86. The summed E-state index contributed by atoms with van der Waals surface area (Å²) < 4.78 is 66.3. The molecule has 0 spiro atoms. The lowest BCUT2D eigenvalue weighted by molar-refractivity contribution is -0.137. The van der Waals surface area contributed by atoms with Crippen molar-refractivity contribution in [1.82, 2.24) is 4.72 Å². The Morgan fingerprint density at radius 1 is 1.08 bits per heavy atom. The molecule has 1 aliphatic carbocycles. The molecule has 0 aromatic heterocycles. The second kappa shape index (κ2) is 6.87. The second-order valence-electron chi connectivity index (χ2n) is 6.50. The summed E-state index contributed by atoms with van der Waals surface area (Å²) in [5, 5.41) is 0.551. The topological polar surface area (TPSA) is 46.2 Å². The Morgan fingerprint density at radius 2 is 1.73 bits per heavy atom. The number of alkyl halides is 3. The molecule has 0 radical (unpaired) electrons. The summed E-state index contributed by atoms with van der Waals surface area (Å²) in [6.45, 7) is 0. The van der Waals surface area contributed by atoms with Crippen molar-refractivity contribution in [1.29, 1.82) is 0 Å². The number of nitrogens with one attached hydrogen (secondary N) is 1. The van der Waals surface area contributed by atoms with Gasteiger partial charge in [0.15, 0.2) is 0 Å². The Balaban J connectivity index is 1.81. The predicted molar refractivity (Wildman–Crippen MR) is 94.2 cm³/mol. The lowest BCUT2D eigenvalue weighted by atomic mass is 9.73. The summed E-state index contributed by atoms with van der Waals surface area (Å²) in [6, 6.07) is 11.3. The Kier molecular flexibility index (Phi) is 5.07. The van der Waals surface area contributed by atoms with Crippen LogP contribution in [0.4, 0.5) is 13.2 Å². The molecule has 2 aromatic rings. The van der Waals surface area contributed by atoms with Crippen LogP contribution in [0.5, 0.6) is 0 Å². The van der Waals surface area contributed by atoms with E-state index in [2.05, 4.69) is 4.72 Å². The minimum atomic E-state index is -4.51. The van der Waals surface area contributed by atoms with Gasteiger partial charge in [-0.3, -0.25) is 0 Å². The van der Waals surface area contributed by atoms with Gasteiger partial charge in [-0.15, -0.1) is 0 Å². The molecule has 8 heteroatoms. The maximum Gasteiger partial charge on any atom is 0.416 e. The quantitative estimate of drug-likeness (QED) is 0.775. The third-order valence-electron chi connectivity index (χ3n) is 4.57. The SMILES string of the molecule is O=S(=O)(Cc1cccc(C(F)(F)F)c1)NC1(c2ccc(Cl)cc2)CCC1. The average Bonchev–Trinajstić information content (AvgIpc) is 2.51. The molecule has 3 nitrogen and oxygen atoms in total. The normalized spacial score (nSPS) is 16.9. The summed E-state index contributed by atoms with van der Waals surface area (Å²) in [4.78, 5) is 0. The molecule has 140 valence electrons. The number of hydrogen-bond acceptors (Lipinski definition) is 2. The number of sulfonamides is 1. The zero-order chi connectivity index (χ0) is 19.0. The molecule has 0 amide bonds. The van der Waals surface area contributed by atoms with Gasteiger partial charge in [0.25, 0.3) is 0 Å². The molecule has 1 aliphatic rings. The van der Waals surface area contributed by atoms with E-state index in [1.807, 2.05) is 0 Å². The molecule has 0 heterocycles. The fourth-order valence-corrected chi connectivity index (χ4v) is 4.87. The molecule has 0 atom stereocenters. The van der Waals surface area contributed by atoms with E-state index in [9.17, 15) is 21.6 Å². The van der Waals surface area contributed by atoms with E-state index < -0.39 is 33.1 Å². The van der Waals surface area contributed by atoms with Crippen LogP contribution in [0.2, 0.25) is 5.02 Å². The van der Waals surface area contributed by atoms with Crippen LogP contribution in [-0.2, 0) is 27.5 Å². The molecule has 1 saturated carbocycles. The molecule has 2 aromatic carbocycles. The van der Waals surface area contributed by atoms with Crippen molar-refractivity contribution in [3.63, 3.8) is 0 Å². The molecular formula is C18H17ClF3NO2S. The summed E-state index contributed by atoms with van der Waals surface area (Å²) in [5.41, 5.74) is -0.676. The maximum absolute atomic E-state index is 12.8. The second-order valence-corrected chi connectivity index (χ2v) is 8.66. The van der Waals surface area contributed by atoms with Crippen LogP contribution in [-0.4, -0.2) is 8.42 Å². The van der Waals surface area contributed by atoms with E-state index >= 15 is 0 Å². The van der Waals surface area contributed by atoms with E-state index in [0.29, 0.717) is 17.9 Å².